The predicted molar refractivity (Wildman–Crippen MR) is 127 cm³/mol. The number of hydrogen-bond donors (Lipinski definition) is 1. The molecule has 0 unspecified atom stereocenters. The van der Waals surface area contributed by atoms with E-state index in [0.29, 0.717) is 18.8 Å². The molecule has 0 spiro atoms. The molecule has 5 rings (SSSR count). The number of carbonyl (C=O) groups is 1. The van der Waals surface area contributed by atoms with Crippen molar-refractivity contribution in [3.8, 4) is 5.75 Å². The van der Waals surface area contributed by atoms with Crippen molar-refractivity contribution in [1.29, 1.82) is 0 Å². The van der Waals surface area contributed by atoms with Gasteiger partial charge in [0.25, 0.3) is 0 Å². The number of hydrogen-bond acceptors (Lipinski definition) is 6. The zero-order chi connectivity index (χ0) is 22.6. The van der Waals surface area contributed by atoms with Crippen LogP contribution in [0.15, 0.2) is 48.9 Å². The average Bonchev–Trinajstić information content (AvgIpc) is 2.86. The number of fused-ring (bicyclic) bond motifs is 1. The van der Waals surface area contributed by atoms with E-state index in [-0.39, 0.29) is 11.8 Å². The second-order valence-corrected chi connectivity index (χ2v) is 8.87. The monoisotopic (exact) mass is 443 g/mol. The van der Waals surface area contributed by atoms with Gasteiger partial charge in [-0.25, -0.2) is 9.97 Å². The Morgan fingerprint density at radius 3 is 3.09 bits per heavy atom. The smallest absolute Gasteiger partial charge is 0.227 e. The van der Waals surface area contributed by atoms with Crippen molar-refractivity contribution in [2.45, 2.75) is 44.9 Å². The molecule has 1 atom stereocenters. The molecule has 3 aromatic rings. The summed E-state index contributed by atoms with van der Waals surface area (Å²) in [4.78, 5) is 28.6. The van der Waals surface area contributed by atoms with Crippen molar-refractivity contribution in [2.75, 3.05) is 25.0 Å². The largest absolute Gasteiger partial charge is 0.493 e. The molecule has 0 saturated carbocycles. The number of pyridine rings is 1. The van der Waals surface area contributed by atoms with Gasteiger partial charge < -0.3 is 15.0 Å². The molecular weight excluding hydrogens is 414 g/mol. The Morgan fingerprint density at radius 2 is 2.18 bits per heavy atom. The van der Waals surface area contributed by atoms with E-state index >= 15 is 0 Å². The van der Waals surface area contributed by atoms with Crippen LogP contribution in [0.5, 0.6) is 5.75 Å². The Hall–Kier alpha value is -3.48. The summed E-state index contributed by atoms with van der Waals surface area (Å²) in [6.07, 6.45) is 9.73. The van der Waals surface area contributed by atoms with E-state index in [4.69, 9.17) is 9.72 Å². The summed E-state index contributed by atoms with van der Waals surface area (Å²) in [5.41, 5.74) is 4.23. The Morgan fingerprint density at radius 1 is 1.24 bits per heavy atom. The SMILES string of the molecule is Cc1cccnc1Nc1cncc([C@H]2CCCN(C(=O)Cc3ccc4c(c3)CCCO4)C2)n1. The number of ether oxygens (including phenoxy) is 1. The lowest BCUT2D eigenvalue weighted by molar-refractivity contribution is -0.131. The van der Waals surface area contributed by atoms with Crippen LogP contribution in [0.1, 0.15) is 47.6 Å². The number of aromatic nitrogens is 3. The topological polar surface area (TPSA) is 80.2 Å². The van der Waals surface area contributed by atoms with E-state index < -0.39 is 0 Å². The molecule has 33 heavy (non-hydrogen) atoms. The van der Waals surface area contributed by atoms with E-state index in [1.54, 1.807) is 12.4 Å². The fourth-order valence-electron chi connectivity index (χ4n) is 4.63. The molecule has 1 saturated heterocycles. The Balaban J connectivity index is 1.25. The van der Waals surface area contributed by atoms with Gasteiger partial charge >= 0.3 is 0 Å². The number of piperidine rings is 1. The Labute approximate surface area is 194 Å². The third-order valence-electron chi connectivity index (χ3n) is 6.43. The predicted octanol–water partition coefficient (Wildman–Crippen LogP) is 4.20. The summed E-state index contributed by atoms with van der Waals surface area (Å²) in [5, 5.41) is 3.27. The van der Waals surface area contributed by atoms with Crippen molar-refractivity contribution >= 4 is 17.5 Å². The summed E-state index contributed by atoms with van der Waals surface area (Å²) in [6.45, 7) is 4.25. The summed E-state index contributed by atoms with van der Waals surface area (Å²) >= 11 is 0. The first-order valence-electron chi connectivity index (χ1n) is 11.7. The maximum atomic E-state index is 13.1. The van der Waals surface area contributed by atoms with E-state index in [9.17, 15) is 4.79 Å². The molecule has 1 N–H and O–H groups in total. The molecule has 0 radical (unpaired) electrons. The van der Waals surface area contributed by atoms with Crippen molar-refractivity contribution < 1.29 is 9.53 Å². The van der Waals surface area contributed by atoms with Gasteiger partial charge in [0.05, 0.1) is 24.9 Å². The number of likely N-dealkylation sites (tertiary alicyclic amines) is 1. The van der Waals surface area contributed by atoms with Crippen LogP contribution >= 0.6 is 0 Å². The van der Waals surface area contributed by atoms with Crippen LogP contribution in [0.4, 0.5) is 11.6 Å². The molecule has 4 heterocycles. The highest BCUT2D eigenvalue weighted by atomic mass is 16.5. The molecule has 2 aliphatic rings. The van der Waals surface area contributed by atoms with Crippen LogP contribution in [0, 0.1) is 6.92 Å². The van der Waals surface area contributed by atoms with E-state index in [2.05, 4.69) is 21.4 Å². The molecule has 1 aromatic carbocycles. The van der Waals surface area contributed by atoms with Gasteiger partial charge in [0.2, 0.25) is 5.91 Å². The maximum Gasteiger partial charge on any atom is 0.227 e. The first-order valence-corrected chi connectivity index (χ1v) is 11.7. The third kappa shape index (κ3) is 4.97. The van der Waals surface area contributed by atoms with Crippen molar-refractivity contribution in [2.24, 2.45) is 0 Å². The number of benzene rings is 1. The number of aryl methyl sites for hydroxylation is 2. The molecule has 2 aliphatic heterocycles. The lowest BCUT2D eigenvalue weighted by atomic mass is 9.94. The van der Waals surface area contributed by atoms with Crippen LogP contribution in [0.25, 0.3) is 0 Å². The molecular formula is C26H29N5O2. The molecule has 0 bridgehead atoms. The second kappa shape index (κ2) is 9.57. The van der Waals surface area contributed by atoms with Crippen molar-refractivity contribution in [3.63, 3.8) is 0 Å². The zero-order valence-corrected chi connectivity index (χ0v) is 19.0. The van der Waals surface area contributed by atoms with E-state index in [1.165, 1.54) is 5.56 Å². The summed E-state index contributed by atoms with van der Waals surface area (Å²) in [5.74, 6) is 2.76. The number of rotatable bonds is 5. The first kappa shape index (κ1) is 21.4. The van der Waals surface area contributed by atoms with Crippen molar-refractivity contribution in [3.05, 3.63) is 71.3 Å². The van der Waals surface area contributed by atoms with Crippen LogP contribution in [-0.2, 0) is 17.6 Å². The van der Waals surface area contributed by atoms with Gasteiger partial charge in [-0.15, -0.1) is 0 Å². The lowest BCUT2D eigenvalue weighted by Gasteiger charge is -2.32. The molecule has 1 amide bonds. The number of nitrogens with one attached hydrogen (secondary N) is 1. The normalized spacial score (nSPS) is 17.7. The van der Waals surface area contributed by atoms with Gasteiger partial charge in [-0.1, -0.05) is 18.2 Å². The molecule has 0 aliphatic carbocycles. The number of carbonyl (C=O) groups excluding carboxylic acids is 1. The minimum atomic E-state index is 0.169. The Bertz CT molecular complexity index is 1150. The summed E-state index contributed by atoms with van der Waals surface area (Å²) in [6, 6.07) is 10.1. The van der Waals surface area contributed by atoms with Gasteiger partial charge in [0.15, 0.2) is 0 Å². The van der Waals surface area contributed by atoms with Gasteiger partial charge in [-0.3, -0.25) is 9.78 Å². The fourth-order valence-corrected chi connectivity index (χ4v) is 4.63. The number of amides is 1. The quantitative estimate of drug-likeness (QED) is 0.637. The van der Waals surface area contributed by atoms with E-state index in [1.807, 2.05) is 42.3 Å². The van der Waals surface area contributed by atoms with Crippen LogP contribution < -0.4 is 10.1 Å². The van der Waals surface area contributed by atoms with Gasteiger partial charge in [0, 0.05) is 31.4 Å². The highest BCUT2D eigenvalue weighted by Gasteiger charge is 2.26. The van der Waals surface area contributed by atoms with Crippen LogP contribution in [0.2, 0.25) is 0 Å². The average molecular weight is 444 g/mol. The fraction of sp³-hybridized carbons (Fsp3) is 0.385. The minimum absolute atomic E-state index is 0.169. The molecule has 2 aromatic heterocycles. The molecule has 7 nitrogen and oxygen atoms in total. The zero-order valence-electron chi connectivity index (χ0n) is 19.0. The van der Waals surface area contributed by atoms with Crippen LogP contribution in [-0.4, -0.2) is 45.5 Å². The summed E-state index contributed by atoms with van der Waals surface area (Å²) in [7, 11) is 0. The van der Waals surface area contributed by atoms with Crippen molar-refractivity contribution in [1.82, 2.24) is 19.9 Å². The Kier molecular flexibility index (Phi) is 6.19. The first-order chi connectivity index (χ1) is 16.2. The lowest BCUT2D eigenvalue weighted by Crippen LogP contribution is -2.40. The number of nitrogens with zero attached hydrogens (tertiary/aromatic N) is 4. The molecule has 170 valence electrons. The number of anilines is 2. The van der Waals surface area contributed by atoms with Crippen LogP contribution in [0.3, 0.4) is 0 Å². The second-order valence-electron chi connectivity index (χ2n) is 8.87. The molecule has 7 heteroatoms. The van der Waals surface area contributed by atoms with Gasteiger partial charge in [-0.2, -0.15) is 0 Å². The highest BCUT2D eigenvalue weighted by Crippen LogP contribution is 2.28. The standard InChI is InChI=1S/C26H29N5O2/c1-18-5-2-10-28-26(18)30-24-16-27-15-22(29-24)21-6-3-11-31(17-21)25(32)14-19-8-9-23-20(13-19)7-4-12-33-23/h2,5,8-10,13,15-16,21H,3-4,6-7,11-12,14,17H2,1H3,(H,28,29,30)/t21-/m0/s1. The summed E-state index contributed by atoms with van der Waals surface area (Å²) < 4.78 is 5.70. The van der Waals surface area contributed by atoms with Gasteiger partial charge in [-0.05, 0) is 61.4 Å². The molecule has 1 fully saturated rings. The minimum Gasteiger partial charge on any atom is -0.493 e. The van der Waals surface area contributed by atoms with E-state index in [0.717, 1.165) is 67.2 Å². The highest BCUT2D eigenvalue weighted by molar-refractivity contribution is 5.79. The van der Waals surface area contributed by atoms with Gasteiger partial charge in [0.1, 0.15) is 17.4 Å². The third-order valence-corrected chi connectivity index (χ3v) is 6.43. The maximum absolute atomic E-state index is 13.1.